The molecule has 0 atom stereocenters. The van der Waals surface area contributed by atoms with Crippen LogP contribution in [0.15, 0.2) is 0 Å². The number of nitrogens with zero attached hydrogens (tertiary/aromatic N) is 3. The molecule has 0 aromatic heterocycles. The summed E-state index contributed by atoms with van der Waals surface area (Å²) in [6.07, 6.45) is 11.6. The maximum atomic E-state index is 4.75. The zero-order chi connectivity index (χ0) is 23.5. The van der Waals surface area contributed by atoms with E-state index in [0.29, 0.717) is 0 Å². The molecule has 0 saturated carbocycles. The van der Waals surface area contributed by atoms with Crippen LogP contribution in [-0.2, 0) is 0 Å². The fourth-order valence-electron chi connectivity index (χ4n) is 5.65. The second-order valence-corrected chi connectivity index (χ2v) is 13.8. The minimum atomic E-state index is 0. The summed E-state index contributed by atoms with van der Waals surface area (Å²) in [5, 5.41) is 14.2. The molecule has 3 aliphatic rings. The summed E-state index contributed by atoms with van der Waals surface area (Å²) in [5.41, 5.74) is 1.43. The Hall–Kier alpha value is 3.27. The van der Waals surface area contributed by atoms with Crippen molar-refractivity contribution in [2.24, 2.45) is 0 Å². The van der Waals surface area contributed by atoms with Gasteiger partial charge in [0, 0.05) is 109 Å². The topological polar surface area (TPSA) is 42.3 Å². The summed E-state index contributed by atoms with van der Waals surface area (Å²) in [4.78, 5) is 0. The molecule has 0 aromatic carbocycles. The first-order valence-corrected chi connectivity index (χ1v) is 12.5. The molecule has 3 heterocycles. The molecule has 3 rings (SSSR count). The quantitative estimate of drug-likeness (QED) is 0.201. The molecule has 0 aromatic rings. The third kappa shape index (κ3) is 31.1. The third-order valence-electron chi connectivity index (χ3n) is 6.55. The first kappa shape index (κ1) is 65.0. The van der Waals surface area contributed by atoms with Crippen molar-refractivity contribution in [3.63, 3.8) is 0 Å². The Labute approximate surface area is 344 Å². The number of rotatable bonds is 0. The van der Waals surface area contributed by atoms with Gasteiger partial charge in [-0.05, 0) is 0 Å². The van der Waals surface area contributed by atoms with Gasteiger partial charge in [-0.1, -0.05) is 141 Å². The van der Waals surface area contributed by atoms with Gasteiger partial charge in [-0.25, -0.2) is 0 Å². The maximum absolute atomic E-state index is 4.75. The van der Waals surface area contributed by atoms with Crippen LogP contribution >= 0.6 is 0 Å². The van der Waals surface area contributed by atoms with Crippen LogP contribution in [0.1, 0.15) is 167 Å². The summed E-state index contributed by atoms with van der Waals surface area (Å²) >= 11 is 0. The summed E-state index contributed by atoms with van der Waals surface area (Å²) < 4.78 is 0. The van der Waals surface area contributed by atoms with E-state index in [9.17, 15) is 0 Å². The van der Waals surface area contributed by atoms with Crippen molar-refractivity contribution in [1.29, 1.82) is 0 Å². The third-order valence-corrected chi connectivity index (χ3v) is 6.55. The predicted octanol–water partition coefficient (Wildman–Crippen LogP) is 10.4. The second kappa shape index (κ2) is 25.5. The minimum Gasteiger partial charge on any atom is -1.00 e. The molecule has 3 aliphatic heterocycles. The zero-order valence-electron chi connectivity index (χ0n) is 48.4. The molecule has 0 N–H and O–H groups in total. The van der Waals surface area contributed by atoms with E-state index in [4.69, 9.17) is 16.0 Å². The van der Waals surface area contributed by atoms with Gasteiger partial charge >= 0.3 is 17.1 Å². The van der Waals surface area contributed by atoms with Gasteiger partial charge in [0.1, 0.15) is 0 Å². The van der Waals surface area contributed by atoms with Crippen LogP contribution in [0, 0.1) is 22.3 Å². The average Bonchev–Trinajstić information content (AvgIpc) is 2.40. The summed E-state index contributed by atoms with van der Waals surface area (Å²) in [6, 6.07) is 0. The fraction of sp³-hybridized carbons (Fsp3) is 0.900. The van der Waals surface area contributed by atoms with Crippen LogP contribution in [-0.4, -0.2) is 142 Å². The van der Waals surface area contributed by atoms with Crippen molar-refractivity contribution in [3.05, 3.63) is 38.2 Å². The number of hydrogen-bond donors (Lipinski definition) is 0. The maximum Gasteiger partial charge on any atom is 1.00 e. The molecule has 0 unspecified atom stereocenters. The van der Waals surface area contributed by atoms with Gasteiger partial charge in [-0.2, -0.15) is 0 Å². The molecular formula is C30H81Al3Li3N3. The molecule has 3 saturated heterocycles. The van der Waals surface area contributed by atoms with E-state index < -0.39 is 0 Å². The Kier molecular flexibility index (Phi) is 42.5. The van der Waals surface area contributed by atoms with Crippen molar-refractivity contribution in [2.75, 3.05) is 0 Å². The molecular weight excluding hydrogens is 504 g/mol. The molecule has 12 radical (unpaired) electrons. The van der Waals surface area contributed by atoms with E-state index in [1.807, 2.05) is 0 Å². The Morgan fingerprint density at radius 2 is 0.462 bits per heavy atom. The molecule has 0 spiro atoms. The zero-order valence-corrected chi connectivity index (χ0v) is 33.9. The van der Waals surface area contributed by atoms with Crippen molar-refractivity contribution >= 4 is 109 Å². The molecule has 228 valence electrons. The van der Waals surface area contributed by atoms with Gasteiger partial charge in [0.25, 0.3) is 0 Å². The van der Waals surface area contributed by atoms with Gasteiger partial charge in [0.05, 0.1) is 0 Å². The minimum absolute atomic E-state index is 0. The summed E-state index contributed by atoms with van der Waals surface area (Å²) in [6.45, 7) is 26.8. The van der Waals surface area contributed by atoms with E-state index in [1.165, 1.54) is 57.8 Å². The molecule has 9 heteroatoms. The Balaban J connectivity index is -0.00000000766. The molecule has 3 nitrogen and oxygen atoms in total. The molecule has 3 fully saturated rings. The second-order valence-electron chi connectivity index (χ2n) is 13.8. The van der Waals surface area contributed by atoms with Crippen LogP contribution in [0.2, 0.25) is 0 Å². The van der Waals surface area contributed by atoms with E-state index in [0.717, 1.165) is 0 Å². The van der Waals surface area contributed by atoms with Gasteiger partial charge in [0.15, 0.2) is 0 Å². The normalized spacial score (nSPS) is 23.1. The van der Waals surface area contributed by atoms with Crippen LogP contribution in [0.5, 0.6) is 0 Å². The van der Waals surface area contributed by atoms with E-state index in [1.54, 1.807) is 0 Å². The molecule has 0 bridgehead atoms. The number of piperidine rings is 3. The largest absolute Gasteiger partial charge is 1.00 e. The van der Waals surface area contributed by atoms with Crippen LogP contribution < -0.4 is 0 Å². The summed E-state index contributed by atoms with van der Waals surface area (Å²) in [7, 11) is 0. The van der Waals surface area contributed by atoms with Crippen molar-refractivity contribution < 1.29 is 25.7 Å². The SMILES string of the molecule is CC1(C)CCCC(C)(C)[N-]1.CC1(C)CCCC(C)(C)[N-]1.CC1(C)CCCC(C)(C)[N-]1.[Al].[Al].[Al].[CH3-].[CH3-].[CH3-].[H+].[H+].[H+].[H+].[H+].[H+].[H+].[H+].[H+].[H+].[H+].[H+].[H-].[H-].[H-].[H-].[H-].[H-].[Li].[Li].[Li]. The standard InChI is InChI=1S/3C9H18N.3CH3.3Al.3Li.6H/c3*1-8(2)6-5-7-9(3,4)10-8;;;;;;;;;;;;;;;/h3*5-7H2,1-4H3;3*1H3;;;;;;;;;;;;/q6*-1;;;;;;;6*-1/p+12. The smallest absolute Gasteiger partial charge is 1.00 e. The van der Waals surface area contributed by atoms with Gasteiger partial charge < -0.3 is 46.8 Å². The fourth-order valence-corrected chi connectivity index (χ4v) is 5.65. The Morgan fingerprint density at radius 3 is 0.513 bits per heavy atom. The van der Waals surface area contributed by atoms with Crippen LogP contribution in [0.3, 0.4) is 0 Å². The predicted molar refractivity (Wildman–Crippen MR) is 210 cm³/mol. The van der Waals surface area contributed by atoms with E-state index in [2.05, 4.69) is 83.1 Å². The van der Waals surface area contributed by atoms with Crippen molar-refractivity contribution in [2.45, 2.75) is 174 Å². The van der Waals surface area contributed by atoms with Crippen molar-refractivity contribution in [1.82, 2.24) is 0 Å². The van der Waals surface area contributed by atoms with E-state index in [-0.39, 0.29) is 190 Å². The monoisotopic (exact) mass is 586 g/mol. The van der Waals surface area contributed by atoms with Gasteiger partial charge in [0.2, 0.25) is 0 Å². The van der Waals surface area contributed by atoms with Crippen LogP contribution in [0.4, 0.5) is 0 Å². The molecule has 0 aliphatic carbocycles. The van der Waals surface area contributed by atoms with E-state index >= 15 is 0 Å². The molecule has 39 heavy (non-hydrogen) atoms. The van der Waals surface area contributed by atoms with Crippen molar-refractivity contribution in [3.8, 4) is 0 Å². The Morgan fingerprint density at radius 1 is 0.359 bits per heavy atom. The Bertz CT molecular complexity index is 490. The number of hydrogen-bond acceptors (Lipinski definition) is 0. The summed E-state index contributed by atoms with van der Waals surface area (Å²) in [5.74, 6) is 0. The first-order chi connectivity index (χ1) is 13.2. The average molecular weight is 586 g/mol. The molecule has 0 amide bonds. The van der Waals surface area contributed by atoms with Crippen LogP contribution in [0.25, 0.3) is 16.0 Å². The van der Waals surface area contributed by atoms with Gasteiger partial charge in [-0.3, -0.25) is 0 Å². The first-order valence-electron chi connectivity index (χ1n) is 12.5. The van der Waals surface area contributed by atoms with Gasteiger partial charge in [-0.15, -0.1) is 33.2 Å².